The van der Waals surface area contributed by atoms with Crippen LogP contribution in [0.3, 0.4) is 0 Å². The predicted octanol–water partition coefficient (Wildman–Crippen LogP) is 9.94. The topological polar surface area (TPSA) is 900 Å². The number of ketones is 2. The van der Waals surface area contributed by atoms with E-state index in [-0.39, 0.29) is 68.7 Å². The van der Waals surface area contributed by atoms with Crippen LogP contribution in [-0.4, -0.2) is 244 Å². The number of benzene rings is 6. The maximum absolute atomic E-state index is 12.5. The number of phenolic OH excluding ortho intramolecular Hbond substituents is 10. The molecule has 4 amide bonds. The SMILES string of the molecule is COc1cc(/C(O)=C(\C#N)C(=O)N2CCCCC2)cc([N+](=O)[O-])c1OC.N#C/C(C(=O)N1CCC1)=C(/O)c1cc(O)c(O)c([N+](=O)[O-])c1.N#C/C(C(=O)N1CCCCC1)=C(/O)c1cc(O)c(O)c([N+](=O)[O-])c1.N#C/C(C(=O)N1CCCOC1)=C(/O)c1cc(O)c(O)c([N+](=O)[O-])c1.N#C/C(C(=O)c1cscn1)=C(/N)c1cc(O)c(O)c([N+](=O)[O-])c1.N#C/C(C(=O)c1cscn1)=C(/O)c1cc(O)c(O)c([N+](=O)[O-])c1. The summed E-state index contributed by atoms with van der Waals surface area (Å²) in [5, 5.41) is 269. The van der Waals surface area contributed by atoms with E-state index in [0.29, 0.717) is 58.8 Å². The van der Waals surface area contributed by atoms with Crippen molar-refractivity contribution in [2.75, 3.05) is 73.4 Å². The van der Waals surface area contributed by atoms with Crippen LogP contribution >= 0.6 is 22.7 Å². The molecule has 8 aromatic rings. The largest absolute Gasteiger partial charge is 0.506 e. The average molecular weight is 2000 g/mol. The Morgan fingerprint density at radius 3 is 0.873 bits per heavy atom. The minimum absolute atomic E-state index is 0.00552. The van der Waals surface area contributed by atoms with E-state index in [2.05, 4.69) is 9.97 Å². The number of Topliss-reactive ketones (excluding diaryl/α,β-unsaturated/α-hetero) is 2. The van der Waals surface area contributed by atoms with Gasteiger partial charge in [0.2, 0.25) is 46.1 Å². The molecule has 4 aliphatic heterocycles. The van der Waals surface area contributed by atoms with E-state index in [0.717, 1.165) is 134 Å². The minimum atomic E-state index is -0.990. The molecule has 0 bridgehead atoms. The second kappa shape index (κ2) is 49.3. The summed E-state index contributed by atoms with van der Waals surface area (Å²) in [7, 11) is 2.54. The van der Waals surface area contributed by atoms with E-state index in [1.807, 2.05) is 0 Å². The van der Waals surface area contributed by atoms with E-state index in [9.17, 15) is 177 Å². The van der Waals surface area contributed by atoms with Crippen LogP contribution in [-0.2, 0) is 23.9 Å². The number of likely N-dealkylation sites (tertiary alicyclic amines) is 3. The highest BCUT2D eigenvalue weighted by molar-refractivity contribution is 7.08. The van der Waals surface area contributed by atoms with Crippen LogP contribution in [0.2, 0.25) is 0 Å². The van der Waals surface area contributed by atoms with Crippen LogP contribution in [0.25, 0.3) is 34.5 Å². The molecule has 4 saturated heterocycles. The van der Waals surface area contributed by atoms with E-state index in [1.54, 1.807) is 30.3 Å². The number of thiazole rings is 2. The first-order valence-electron chi connectivity index (χ1n) is 39.9. The molecule has 0 radical (unpaired) electrons. The van der Waals surface area contributed by atoms with Gasteiger partial charge in [-0.05, 0) is 87.8 Å². The van der Waals surface area contributed by atoms with Crippen molar-refractivity contribution in [2.45, 2.75) is 51.4 Å². The normalized spacial score (nSPS) is 13.9. The van der Waals surface area contributed by atoms with Crippen LogP contribution in [0.15, 0.2) is 128 Å². The number of aliphatic hydroxyl groups excluding tert-OH is 5. The number of aliphatic hydroxyl groups is 5. The first kappa shape index (κ1) is 109. The number of aromatic nitrogens is 2. The van der Waals surface area contributed by atoms with Crippen LogP contribution in [0, 0.1) is 129 Å². The summed E-state index contributed by atoms with van der Waals surface area (Å²) in [5.41, 5.74) is -1.65. The van der Waals surface area contributed by atoms with Crippen molar-refractivity contribution in [1.82, 2.24) is 29.6 Å². The zero-order valence-corrected chi connectivity index (χ0v) is 74.6. The molecule has 0 aliphatic carbocycles. The van der Waals surface area contributed by atoms with E-state index in [4.69, 9.17) is 41.0 Å². The van der Waals surface area contributed by atoms with Gasteiger partial charge in [0.05, 0.1) is 67.1 Å². The van der Waals surface area contributed by atoms with Crippen LogP contribution in [0.4, 0.5) is 34.1 Å². The maximum atomic E-state index is 12.5. The monoisotopic (exact) mass is 2000 g/mol. The molecule has 4 aliphatic rings. The van der Waals surface area contributed by atoms with Gasteiger partial charge in [-0.1, -0.05) is 0 Å². The summed E-state index contributed by atoms with van der Waals surface area (Å²) in [6.45, 7) is 3.59. The van der Waals surface area contributed by atoms with Gasteiger partial charge in [0.25, 0.3) is 23.6 Å². The predicted molar refractivity (Wildman–Crippen MR) is 483 cm³/mol. The van der Waals surface area contributed by atoms with Gasteiger partial charge in [0.1, 0.15) is 94.5 Å². The molecule has 12 rings (SSSR count). The Bertz CT molecular complexity index is 6590. The molecule has 57 heteroatoms. The van der Waals surface area contributed by atoms with E-state index >= 15 is 0 Å². The Morgan fingerprint density at radius 2 is 0.620 bits per heavy atom. The number of hydrogen-bond acceptors (Lipinski definition) is 47. The molecule has 6 heterocycles. The number of rotatable bonds is 22. The van der Waals surface area contributed by atoms with Gasteiger partial charge in [0, 0.05) is 126 Å². The number of allylic oxidation sites excluding steroid dienone is 2. The second-order valence-electron chi connectivity index (χ2n) is 28.9. The van der Waals surface area contributed by atoms with Crippen molar-refractivity contribution < 1.29 is 149 Å². The molecular weight excluding hydrogens is 1930 g/mol. The maximum Gasteiger partial charge on any atom is 0.315 e. The number of methoxy groups -OCH3 is 2. The van der Waals surface area contributed by atoms with E-state index < -0.39 is 219 Å². The number of carbonyl (C=O) groups excluding carboxylic acids is 6. The number of nitro benzene ring substituents is 6. The lowest BCUT2D eigenvalue weighted by molar-refractivity contribution is -0.386. The van der Waals surface area contributed by atoms with Gasteiger partial charge in [-0.3, -0.25) is 89.5 Å². The number of aromatic hydroxyl groups is 10. The number of nitrogens with two attached hydrogens (primary N) is 1. The third kappa shape index (κ3) is 25.9. The molecule has 142 heavy (non-hydrogen) atoms. The first-order valence-corrected chi connectivity index (χ1v) is 41.8. The highest BCUT2D eigenvalue weighted by atomic mass is 32.1. The molecule has 0 unspecified atom stereocenters. The summed E-state index contributed by atoms with van der Waals surface area (Å²) in [5.74, 6) is -17.5. The molecule has 736 valence electrons. The number of carbonyl (C=O) groups is 6. The molecule has 0 saturated carbocycles. The lowest BCUT2D eigenvalue weighted by Crippen LogP contribution is -2.42. The number of amides is 4. The summed E-state index contributed by atoms with van der Waals surface area (Å²) in [6, 6.07) is 20.0. The molecular formula is C85H73N19O36S2. The molecule has 0 spiro atoms. The van der Waals surface area contributed by atoms with E-state index in [1.165, 1.54) is 67.7 Å². The molecule has 6 aromatic carbocycles. The molecule has 4 fully saturated rings. The van der Waals surface area contributed by atoms with Crippen molar-refractivity contribution in [3.05, 3.63) is 233 Å². The Balaban J connectivity index is 0.000000232. The number of nitrogens with zero attached hydrogens (tertiary/aromatic N) is 18. The van der Waals surface area contributed by atoms with Crippen molar-refractivity contribution in [1.29, 1.82) is 31.6 Å². The molecule has 17 N–H and O–H groups in total. The summed E-state index contributed by atoms with van der Waals surface area (Å²) in [6.07, 6.45) is 6.56. The smallest absolute Gasteiger partial charge is 0.315 e. The summed E-state index contributed by atoms with van der Waals surface area (Å²) >= 11 is 2.25. The first-order chi connectivity index (χ1) is 67.2. The lowest BCUT2D eigenvalue weighted by atomic mass is 10.0. The summed E-state index contributed by atoms with van der Waals surface area (Å²) < 4.78 is 15.2. The number of nitriles is 6. The van der Waals surface area contributed by atoms with Crippen LogP contribution in [0.5, 0.6) is 69.0 Å². The summed E-state index contributed by atoms with van der Waals surface area (Å²) in [4.78, 5) is 146. The lowest BCUT2D eigenvalue weighted by Gasteiger charge is -2.30. The Kier molecular flexibility index (Phi) is 37.8. The van der Waals surface area contributed by atoms with Gasteiger partial charge < -0.3 is 116 Å². The highest BCUT2D eigenvalue weighted by Crippen LogP contribution is 2.45. The van der Waals surface area contributed by atoms with Crippen molar-refractivity contribution >= 4 is 126 Å². The third-order valence-electron chi connectivity index (χ3n) is 20.1. The number of ether oxygens (including phenoxy) is 3. The Hall–Kier alpha value is -20.1. The quantitative estimate of drug-likeness (QED) is 0.00570. The third-order valence-corrected chi connectivity index (χ3v) is 21.3. The van der Waals surface area contributed by atoms with Gasteiger partial charge in [0.15, 0.2) is 56.8 Å². The fraction of sp³-hybridized carbons (Fsp3) is 0.224. The average Bonchev–Trinajstić information content (AvgIpc) is 1.18. The minimum Gasteiger partial charge on any atom is -0.506 e. The molecule has 0 atom stereocenters. The van der Waals surface area contributed by atoms with Crippen molar-refractivity contribution in [3.8, 4) is 105 Å². The van der Waals surface area contributed by atoms with Gasteiger partial charge >= 0.3 is 34.1 Å². The van der Waals surface area contributed by atoms with Crippen molar-refractivity contribution in [3.63, 3.8) is 0 Å². The van der Waals surface area contributed by atoms with Crippen LogP contribution < -0.4 is 15.2 Å². The standard InChI is InChI=1S/C17H19N3O6.C15H15N3O6.C14H13N3O7.C13H8N4O5S.C13H7N3O6S.C13H11N3O6/c1-25-14-9-11(8-13(20(23)24)16(14)26-2)15(21)12(10-18)17(22)19-6-4-3-5-7-19;16-8-10(15(22)17-4-2-1-3-5-17)13(20)9-6-11(18(23)24)14(21)12(19)7-9;15-6-9(14(21)16-2-1-3-24-7-16)12(19)8-4-10(17(22)23)13(20)11(18)5-8;14-3-7(12(19)8-4-23-5-16-8)11(15)6-1-9(17(21)22)13(20)10(18)2-6;14-3-7(12(19)8-4-23-5-15-8)11(18)6-1-9(16(21)22)13(20)10(17)2-6;14-6-8(13(20)15-2-1-3-15)11(18)7-4-9(16(21)22)12(19)10(17)5-7/h8-9,21H,3-7H2,1-2H3;6-7,19-21H,1-5H2;4-5,18-20H,1-3,7H2;1-2,4-5,18,20H,15H2;1-2,4-5,17-18,20H;4-5,17-19H,1-3H2/b15-12-;13-10-;12-9-;2*11-7-;11-8-. The van der Waals surface area contributed by atoms with Gasteiger partial charge in [-0.15, -0.1) is 22.7 Å². The number of phenols is 10. The zero-order chi connectivity index (χ0) is 106. The second-order valence-corrected chi connectivity index (χ2v) is 30.3. The fourth-order valence-electron chi connectivity index (χ4n) is 12.8. The number of nitro groups is 6. The molecule has 2 aromatic heterocycles. The van der Waals surface area contributed by atoms with Gasteiger partial charge in [-0.25, -0.2) is 9.97 Å². The number of piperidine rings is 2. The Morgan fingerprint density at radius 1 is 0.359 bits per heavy atom. The highest BCUT2D eigenvalue weighted by Gasteiger charge is 2.36. The van der Waals surface area contributed by atoms with Gasteiger partial charge in [-0.2, -0.15) is 31.6 Å². The zero-order valence-electron chi connectivity index (χ0n) is 73.0. The van der Waals surface area contributed by atoms with Crippen molar-refractivity contribution in [2.24, 2.45) is 5.73 Å². The Labute approximate surface area is 802 Å². The van der Waals surface area contributed by atoms with Crippen LogP contribution in [0.1, 0.15) is 106 Å². The fourth-order valence-corrected chi connectivity index (χ4v) is 13.8. The number of hydrogen-bond donors (Lipinski definition) is 16. The molecule has 55 nitrogen and oxygen atoms in total.